The monoisotopic (exact) mass is 411 g/mol. The van der Waals surface area contributed by atoms with E-state index in [0.717, 1.165) is 11.6 Å². The lowest BCUT2D eigenvalue weighted by molar-refractivity contribution is 0.0607. The fraction of sp³-hybridized carbons (Fsp3) is 0.227. The van der Waals surface area contributed by atoms with Gasteiger partial charge in [0, 0.05) is 12.0 Å². The summed E-state index contributed by atoms with van der Waals surface area (Å²) in [5, 5.41) is 10.2. The lowest BCUT2D eigenvalue weighted by atomic mass is 9.97. The summed E-state index contributed by atoms with van der Waals surface area (Å²) >= 11 is 0. The summed E-state index contributed by atoms with van der Waals surface area (Å²) in [5.41, 5.74) is 7.05. The topological polar surface area (TPSA) is 118 Å². The number of nitrogens with one attached hydrogen (secondary N) is 1. The highest BCUT2D eigenvalue weighted by atomic mass is 19.1. The van der Waals surface area contributed by atoms with Gasteiger partial charge in [0.2, 0.25) is 11.8 Å². The van der Waals surface area contributed by atoms with E-state index in [-0.39, 0.29) is 42.0 Å². The van der Waals surface area contributed by atoms with E-state index in [0.29, 0.717) is 11.1 Å². The maximum absolute atomic E-state index is 13.4. The van der Waals surface area contributed by atoms with Gasteiger partial charge in [-0.1, -0.05) is 30.3 Å². The van der Waals surface area contributed by atoms with Gasteiger partial charge in [-0.2, -0.15) is 4.98 Å². The molecule has 30 heavy (non-hydrogen) atoms. The molecule has 1 heterocycles. The minimum Gasteiger partial charge on any atom is -0.493 e. The fourth-order valence-corrected chi connectivity index (χ4v) is 2.98. The quantitative estimate of drug-likeness (QED) is 0.552. The third kappa shape index (κ3) is 4.90. The molecule has 0 fully saturated rings. The molecule has 0 aliphatic carbocycles. The van der Waals surface area contributed by atoms with Gasteiger partial charge in [0.1, 0.15) is 18.2 Å². The number of primary amides is 1. The van der Waals surface area contributed by atoms with E-state index in [1.165, 1.54) is 12.1 Å². The zero-order valence-electron chi connectivity index (χ0n) is 16.6. The molecule has 7 nitrogen and oxygen atoms in total. The van der Waals surface area contributed by atoms with Gasteiger partial charge in [-0.25, -0.2) is 4.39 Å². The molecule has 0 aliphatic heterocycles. The first-order valence-electron chi connectivity index (χ1n) is 9.36. The largest absolute Gasteiger partial charge is 0.493 e. The van der Waals surface area contributed by atoms with Crippen LogP contribution in [0.2, 0.25) is 0 Å². The molecule has 1 amide bonds. The Balaban J connectivity index is 1.83. The van der Waals surface area contributed by atoms with Gasteiger partial charge in [0.25, 0.3) is 5.56 Å². The lowest BCUT2D eigenvalue weighted by Gasteiger charge is -2.10. The standard InChI is InChI=1S/C22H22FN3O4/c1-12(2)30-11-19-25-21(28)18(22(29)26-19)9-13-3-5-14(6-4-13)16-8-7-15(23)10-17(16)20(24)27/h3-8,10,12H,9,11H2,1-2H3,(H2,24,27)(H2,25,26,28,29). The highest BCUT2D eigenvalue weighted by Gasteiger charge is 2.14. The van der Waals surface area contributed by atoms with E-state index in [1.54, 1.807) is 24.3 Å². The maximum Gasteiger partial charge on any atom is 0.258 e. The summed E-state index contributed by atoms with van der Waals surface area (Å²) in [5.74, 6) is -1.37. The highest BCUT2D eigenvalue weighted by molar-refractivity contribution is 5.99. The minimum absolute atomic E-state index is 0.0353. The smallest absolute Gasteiger partial charge is 0.258 e. The fourth-order valence-electron chi connectivity index (χ4n) is 2.98. The van der Waals surface area contributed by atoms with Crippen LogP contribution < -0.4 is 11.3 Å². The van der Waals surface area contributed by atoms with Crippen molar-refractivity contribution in [3.63, 3.8) is 0 Å². The molecular formula is C22H22FN3O4. The van der Waals surface area contributed by atoms with Crippen LogP contribution in [0.1, 0.15) is 41.2 Å². The van der Waals surface area contributed by atoms with Crippen molar-refractivity contribution >= 4 is 5.91 Å². The molecule has 0 spiro atoms. The Morgan fingerprint density at radius 3 is 2.53 bits per heavy atom. The van der Waals surface area contributed by atoms with Crippen LogP contribution in [-0.2, 0) is 17.8 Å². The number of aromatic hydroxyl groups is 1. The van der Waals surface area contributed by atoms with Crippen molar-refractivity contribution in [3.05, 3.63) is 81.2 Å². The first-order chi connectivity index (χ1) is 14.2. The Bertz CT molecular complexity index is 1120. The molecule has 0 saturated heterocycles. The predicted octanol–water partition coefficient (Wildman–Crippen LogP) is 2.90. The number of benzene rings is 2. The van der Waals surface area contributed by atoms with Crippen LogP contribution >= 0.6 is 0 Å². The van der Waals surface area contributed by atoms with Gasteiger partial charge in [-0.15, -0.1) is 0 Å². The number of amides is 1. The molecule has 0 radical (unpaired) electrons. The normalized spacial score (nSPS) is 11.1. The van der Waals surface area contributed by atoms with E-state index in [1.807, 2.05) is 13.8 Å². The summed E-state index contributed by atoms with van der Waals surface area (Å²) in [6.45, 7) is 3.80. The molecule has 3 aromatic rings. The summed E-state index contributed by atoms with van der Waals surface area (Å²) in [4.78, 5) is 30.6. The van der Waals surface area contributed by atoms with Crippen LogP contribution in [0.5, 0.6) is 5.88 Å². The van der Waals surface area contributed by atoms with Crippen molar-refractivity contribution in [2.75, 3.05) is 0 Å². The molecule has 0 aliphatic rings. The average Bonchev–Trinajstić information content (AvgIpc) is 2.69. The van der Waals surface area contributed by atoms with Crippen molar-refractivity contribution in [2.45, 2.75) is 33.0 Å². The molecule has 0 atom stereocenters. The maximum atomic E-state index is 13.4. The van der Waals surface area contributed by atoms with Crippen LogP contribution in [-0.4, -0.2) is 27.1 Å². The van der Waals surface area contributed by atoms with Gasteiger partial charge < -0.3 is 20.6 Å². The van der Waals surface area contributed by atoms with Gasteiger partial charge in [0.15, 0.2) is 0 Å². The molecular weight excluding hydrogens is 389 g/mol. The van der Waals surface area contributed by atoms with Crippen LogP contribution in [0, 0.1) is 5.82 Å². The number of nitrogens with two attached hydrogens (primary N) is 1. The molecule has 1 aromatic heterocycles. The van der Waals surface area contributed by atoms with Crippen LogP contribution in [0.15, 0.2) is 47.3 Å². The number of hydrogen-bond acceptors (Lipinski definition) is 5. The van der Waals surface area contributed by atoms with Crippen LogP contribution in [0.3, 0.4) is 0 Å². The Morgan fingerprint density at radius 2 is 1.93 bits per heavy atom. The van der Waals surface area contributed by atoms with Crippen molar-refractivity contribution in [3.8, 4) is 17.0 Å². The van der Waals surface area contributed by atoms with Crippen molar-refractivity contribution in [2.24, 2.45) is 5.73 Å². The number of hydrogen-bond donors (Lipinski definition) is 3. The predicted molar refractivity (Wildman–Crippen MR) is 110 cm³/mol. The summed E-state index contributed by atoms with van der Waals surface area (Å²) in [6, 6.07) is 10.8. The third-order valence-electron chi connectivity index (χ3n) is 4.49. The number of carbonyl (C=O) groups is 1. The number of aromatic nitrogens is 2. The number of nitrogens with zero attached hydrogens (tertiary/aromatic N) is 1. The molecule has 0 unspecified atom stereocenters. The van der Waals surface area contributed by atoms with Gasteiger partial charge in [-0.3, -0.25) is 9.59 Å². The Labute approximate surface area is 172 Å². The molecule has 2 aromatic carbocycles. The average molecular weight is 411 g/mol. The zero-order valence-corrected chi connectivity index (χ0v) is 16.6. The van der Waals surface area contributed by atoms with E-state index in [9.17, 15) is 19.1 Å². The number of halogens is 1. The Morgan fingerprint density at radius 1 is 1.23 bits per heavy atom. The van der Waals surface area contributed by atoms with Crippen LogP contribution in [0.25, 0.3) is 11.1 Å². The number of rotatable bonds is 7. The second-order valence-electron chi connectivity index (χ2n) is 7.10. The Kier molecular flexibility index (Phi) is 6.27. The third-order valence-corrected chi connectivity index (χ3v) is 4.49. The zero-order chi connectivity index (χ0) is 21.8. The molecule has 0 bridgehead atoms. The number of H-pyrrole nitrogens is 1. The van der Waals surface area contributed by atoms with Crippen molar-refractivity contribution in [1.82, 2.24) is 9.97 Å². The highest BCUT2D eigenvalue weighted by Crippen LogP contribution is 2.25. The van der Waals surface area contributed by atoms with E-state index in [4.69, 9.17) is 10.5 Å². The molecule has 3 rings (SSSR count). The first kappa shape index (κ1) is 21.2. The molecule has 0 saturated carbocycles. The molecule has 156 valence electrons. The second kappa shape index (κ2) is 8.87. The van der Waals surface area contributed by atoms with Gasteiger partial charge in [-0.05, 0) is 42.7 Å². The Hall–Kier alpha value is -3.52. The minimum atomic E-state index is -0.724. The lowest BCUT2D eigenvalue weighted by Crippen LogP contribution is -2.18. The number of carbonyl (C=O) groups excluding carboxylic acids is 1. The van der Waals surface area contributed by atoms with Crippen LogP contribution in [0.4, 0.5) is 4.39 Å². The number of ether oxygens (including phenoxy) is 1. The SMILES string of the molecule is CC(C)OCc1nc(O)c(Cc2ccc(-c3ccc(F)cc3C(N)=O)cc2)c(=O)[nH]1. The van der Waals surface area contributed by atoms with Gasteiger partial charge >= 0.3 is 0 Å². The van der Waals surface area contributed by atoms with E-state index >= 15 is 0 Å². The van der Waals surface area contributed by atoms with E-state index in [2.05, 4.69) is 9.97 Å². The summed E-state index contributed by atoms with van der Waals surface area (Å²) in [7, 11) is 0. The molecule has 8 heteroatoms. The van der Waals surface area contributed by atoms with Crippen molar-refractivity contribution in [1.29, 1.82) is 0 Å². The number of aromatic amines is 1. The van der Waals surface area contributed by atoms with Gasteiger partial charge in [0.05, 0.1) is 11.7 Å². The first-order valence-corrected chi connectivity index (χ1v) is 9.36. The summed E-state index contributed by atoms with van der Waals surface area (Å²) in [6.07, 6.45) is 0.123. The second-order valence-corrected chi connectivity index (χ2v) is 7.10. The van der Waals surface area contributed by atoms with E-state index < -0.39 is 17.3 Å². The summed E-state index contributed by atoms with van der Waals surface area (Å²) < 4.78 is 18.8. The molecule has 4 N–H and O–H groups in total. The van der Waals surface area contributed by atoms with Crippen molar-refractivity contribution < 1.29 is 19.0 Å².